The highest BCUT2D eigenvalue weighted by Crippen LogP contribution is 2.49. The van der Waals surface area contributed by atoms with Crippen LogP contribution in [0.3, 0.4) is 0 Å². The van der Waals surface area contributed by atoms with Gasteiger partial charge in [-0.15, -0.1) is 11.3 Å². The molecule has 1 aromatic heterocycles. The van der Waals surface area contributed by atoms with E-state index in [1.807, 2.05) is 18.3 Å². The van der Waals surface area contributed by atoms with Crippen molar-refractivity contribution in [2.24, 2.45) is 0 Å². The Morgan fingerprint density at radius 1 is 1.24 bits per heavy atom. The molecule has 10 heteroatoms. The van der Waals surface area contributed by atoms with Crippen molar-refractivity contribution in [3.8, 4) is 0 Å². The van der Waals surface area contributed by atoms with Crippen molar-refractivity contribution in [3.05, 3.63) is 40.2 Å². The number of hydrogen-bond acceptors (Lipinski definition) is 8. The Hall–Kier alpha value is -1.16. The van der Waals surface area contributed by atoms with E-state index in [-0.39, 0.29) is 5.54 Å². The molecule has 0 atom stereocenters. The molecule has 0 radical (unpaired) electrons. The van der Waals surface area contributed by atoms with Gasteiger partial charge in [0.15, 0.2) is 0 Å². The minimum absolute atomic E-state index is 0.0976. The van der Waals surface area contributed by atoms with Crippen molar-refractivity contribution in [3.63, 3.8) is 0 Å². The highest BCUT2D eigenvalue weighted by molar-refractivity contribution is 8.02. The van der Waals surface area contributed by atoms with Crippen LogP contribution >= 0.6 is 46.5 Å². The van der Waals surface area contributed by atoms with Gasteiger partial charge in [-0.3, -0.25) is 4.90 Å². The van der Waals surface area contributed by atoms with Crippen LogP contribution in [0.1, 0.15) is 29.8 Å². The minimum Gasteiger partial charge on any atom is -0.388 e. The number of benzene rings is 1. The fraction of sp³-hybridized carbons (Fsp3) is 0.421. The van der Waals surface area contributed by atoms with Crippen LogP contribution in [0.2, 0.25) is 5.02 Å². The van der Waals surface area contributed by atoms with Gasteiger partial charge in [-0.2, -0.15) is 0 Å². The first kappa shape index (κ1) is 19.8. The number of hydrogen-bond donors (Lipinski definition) is 2. The summed E-state index contributed by atoms with van der Waals surface area (Å²) in [5.41, 5.74) is 5.28. The van der Waals surface area contributed by atoms with E-state index < -0.39 is 0 Å². The molecule has 1 aromatic carbocycles. The monoisotopic (exact) mass is 470 g/mol. The SMILES string of the molecule is ClC1=CONc2c(NSc3cnc(C4(N5CCOCC5)CCC4)s3)ccc(Cl)c21. The molecular weight excluding hydrogens is 451 g/mol. The van der Waals surface area contributed by atoms with Crippen LogP contribution in [-0.2, 0) is 15.1 Å². The summed E-state index contributed by atoms with van der Waals surface area (Å²) in [5, 5.41) is 2.25. The van der Waals surface area contributed by atoms with E-state index in [0.29, 0.717) is 10.1 Å². The van der Waals surface area contributed by atoms with Crippen LogP contribution in [0.25, 0.3) is 5.03 Å². The smallest absolute Gasteiger partial charge is 0.138 e. The third kappa shape index (κ3) is 3.60. The number of nitrogens with one attached hydrogen (secondary N) is 2. The van der Waals surface area contributed by atoms with Gasteiger partial charge in [0, 0.05) is 18.7 Å². The lowest BCUT2D eigenvalue weighted by atomic mass is 9.75. The quantitative estimate of drug-likeness (QED) is 0.557. The lowest BCUT2D eigenvalue weighted by molar-refractivity contribution is -0.0596. The maximum absolute atomic E-state index is 6.30. The van der Waals surface area contributed by atoms with Crippen LogP contribution in [0.5, 0.6) is 0 Å². The minimum atomic E-state index is 0.0976. The molecule has 6 nitrogen and oxygen atoms in total. The predicted molar refractivity (Wildman–Crippen MR) is 120 cm³/mol. The Balaban J connectivity index is 1.33. The first-order valence-corrected chi connectivity index (χ1v) is 11.9. The van der Waals surface area contributed by atoms with Crippen molar-refractivity contribution in [2.75, 3.05) is 36.5 Å². The summed E-state index contributed by atoms with van der Waals surface area (Å²) in [4.78, 5) is 12.6. The molecule has 1 aliphatic carbocycles. The van der Waals surface area contributed by atoms with Gasteiger partial charge in [0.25, 0.3) is 0 Å². The van der Waals surface area contributed by atoms with Crippen molar-refractivity contribution < 1.29 is 9.57 Å². The van der Waals surface area contributed by atoms with Crippen LogP contribution < -0.4 is 10.2 Å². The van der Waals surface area contributed by atoms with Gasteiger partial charge in [-0.25, -0.2) is 10.5 Å². The average Bonchev–Trinajstić information content (AvgIpc) is 3.17. The van der Waals surface area contributed by atoms with Gasteiger partial charge in [0.2, 0.25) is 0 Å². The zero-order valence-electron chi connectivity index (χ0n) is 15.5. The molecule has 2 fully saturated rings. The fourth-order valence-electron chi connectivity index (χ4n) is 4.00. The van der Waals surface area contributed by atoms with Gasteiger partial charge in [0.05, 0.1) is 40.7 Å². The molecule has 0 unspecified atom stereocenters. The number of halogens is 2. The number of fused-ring (bicyclic) bond motifs is 1. The third-order valence-corrected chi connectivity index (χ3v) is 8.36. The van der Waals surface area contributed by atoms with Crippen molar-refractivity contribution in [1.29, 1.82) is 0 Å². The summed E-state index contributed by atoms with van der Waals surface area (Å²) in [5.74, 6) is 0. The molecule has 0 bridgehead atoms. The average molecular weight is 471 g/mol. The van der Waals surface area contributed by atoms with Crippen LogP contribution in [-0.4, -0.2) is 36.2 Å². The van der Waals surface area contributed by atoms with Gasteiger partial charge < -0.3 is 14.3 Å². The number of ether oxygens (including phenoxy) is 1. The van der Waals surface area contributed by atoms with Gasteiger partial charge >= 0.3 is 0 Å². The summed E-state index contributed by atoms with van der Waals surface area (Å²) in [6.07, 6.45) is 7.00. The lowest BCUT2D eigenvalue weighted by Crippen LogP contribution is -2.55. The highest BCUT2D eigenvalue weighted by Gasteiger charge is 2.46. The fourth-order valence-corrected chi connectivity index (χ4v) is 6.48. The standard InChI is InChI=1S/C19H20Cl2N4O2S2/c20-12-2-3-14(17-16(12)13(21)11-27-23-17)24-29-15-10-22-18(28-15)19(4-1-5-19)25-6-8-26-9-7-25/h2-3,10-11,23-24H,1,4-9H2. The summed E-state index contributed by atoms with van der Waals surface area (Å²) in [6.45, 7) is 3.59. The summed E-state index contributed by atoms with van der Waals surface area (Å²) in [7, 11) is 0. The summed E-state index contributed by atoms with van der Waals surface area (Å²) >= 11 is 15.8. The lowest BCUT2D eigenvalue weighted by Gasteiger charge is -2.50. The Morgan fingerprint density at radius 3 is 2.83 bits per heavy atom. The maximum Gasteiger partial charge on any atom is 0.138 e. The number of rotatable bonds is 5. The predicted octanol–water partition coefficient (Wildman–Crippen LogP) is 5.52. The topological polar surface area (TPSA) is 58.7 Å². The molecule has 0 spiro atoms. The molecule has 2 N–H and O–H groups in total. The molecule has 154 valence electrons. The first-order chi connectivity index (χ1) is 14.2. The first-order valence-electron chi connectivity index (χ1n) is 9.49. The van der Waals surface area contributed by atoms with Crippen LogP contribution in [0, 0.1) is 0 Å². The van der Waals surface area contributed by atoms with Crippen LogP contribution in [0.4, 0.5) is 11.4 Å². The Bertz CT molecular complexity index is 942. The second-order valence-electron chi connectivity index (χ2n) is 7.20. The van der Waals surface area contributed by atoms with Crippen molar-refractivity contribution in [1.82, 2.24) is 9.88 Å². The largest absolute Gasteiger partial charge is 0.388 e. The summed E-state index contributed by atoms with van der Waals surface area (Å²) < 4.78 is 10.0. The normalized spacial score (nSPS) is 20.7. The van der Waals surface area contributed by atoms with E-state index in [1.165, 1.54) is 42.5 Å². The molecule has 1 saturated carbocycles. The Kier molecular flexibility index (Phi) is 5.57. The second kappa shape index (κ2) is 8.17. The van der Waals surface area contributed by atoms with E-state index in [4.69, 9.17) is 37.8 Å². The Morgan fingerprint density at radius 2 is 2.07 bits per heavy atom. The van der Waals surface area contributed by atoms with E-state index in [0.717, 1.165) is 47.5 Å². The summed E-state index contributed by atoms with van der Waals surface area (Å²) in [6, 6.07) is 3.73. The van der Waals surface area contributed by atoms with Gasteiger partial charge in [-0.1, -0.05) is 23.2 Å². The number of anilines is 2. The number of nitrogens with zero attached hydrogens (tertiary/aromatic N) is 2. The molecular formula is C19H20Cl2N4O2S2. The van der Waals surface area contributed by atoms with E-state index in [1.54, 1.807) is 11.3 Å². The number of thiazole rings is 1. The molecule has 3 heterocycles. The van der Waals surface area contributed by atoms with Gasteiger partial charge in [0.1, 0.15) is 21.2 Å². The second-order valence-corrected chi connectivity index (χ2v) is 10.2. The number of morpholine rings is 1. The van der Waals surface area contributed by atoms with Gasteiger partial charge in [-0.05, 0) is 43.3 Å². The maximum atomic E-state index is 6.30. The zero-order chi connectivity index (χ0) is 19.8. The van der Waals surface area contributed by atoms with Crippen LogP contribution in [0.15, 0.2) is 28.8 Å². The van der Waals surface area contributed by atoms with E-state index in [9.17, 15) is 0 Å². The third-order valence-electron chi connectivity index (χ3n) is 5.66. The van der Waals surface area contributed by atoms with Crippen molar-refractivity contribution in [2.45, 2.75) is 29.0 Å². The molecule has 3 aliphatic rings. The molecule has 1 saturated heterocycles. The zero-order valence-corrected chi connectivity index (χ0v) is 18.7. The molecule has 5 rings (SSSR count). The van der Waals surface area contributed by atoms with E-state index >= 15 is 0 Å². The molecule has 29 heavy (non-hydrogen) atoms. The molecule has 0 amide bonds. The van der Waals surface area contributed by atoms with Crippen molar-refractivity contribution >= 4 is 62.9 Å². The van der Waals surface area contributed by atoms with E-state index in [2.05, 4.69) is 15.1 Å². The molecule has 2 aliphatic heterocycles. The highest BCUT2D eigenvalue weighted by atomic mass is 35.5. The number of aromatic nitrogens is 1. The molecule has 2 aromatic rings. The Labute approximate surface area is 187 Å².